The van der Waals surface area contributed by atoms with Crippen molar-refractivity contribution in [2.45, 2.75) is 66.1 Å². The van der Waals surface area contributed by atoms with E-state index in [0.29, 0.717) is 12.3 Å². The van der Waals surface area contributed by atoms with E-state index in [0.717, 1.165) is 24.0 Å². The second kappa shape index (κ2) is 8.34. The van der Waals surface area contributed by atoms with Crippen molar-refractivity contribution < 1.29 is 19.4 Å². The summed E-state index contributed by atoms with van der Waals surface area (Å²) in [7, 11) is 0. The van der Waals surface area contributed by atoms with Crippen LogP contribution in [0.5, 0.6) is 0 Å². The number of allylic oxidation sites excluding steroid dienone is 4. The molecule has 1 saturated carbocycles. The van der Waals surface area contributed by atoms with Crippen LogP contribution < -0.4 is 0 Å². The van der Waals surface area contributed by atoms with Gasteiger partial charge in [0.05, 0.1) is 6.10 Å². The van der Waals surface area contributed by atoms with Crippen LogP contribution in [0.3, 0.4) is 0 Å². The van der Waals surface area contributed by atoms with E-state index >= 15 is 0 Å². The van der Waals surface area contributed by atoms with E-state index < -0.39 is 18.2 Å². The third-order valence-corrected chi connectivity index (χ3v) is 5.86. The molecule has 6 atom stereocenters. The summed E-state index contributed by atoms with van der Waals surface area (Å²) >= 11 is 0. The Labute approximate surface area is 157 Å². The highest BCUT2D eigenvalue weighted by atomic mass is 16.5. The molecule has 0 bridgehead atoms. The number of rotatable bonds is 5. The van der Waals surface area contributed by atoms with Crippen LogP contribution in [0.25, 0.3) is 0 Å². The first-order valence-corrected chi connectivity index (χ1v) is 9.55. The van der Waals surface area contributed by atoms with E-state index in [2.05, 4.69) is 19.6 Å². The molecule has 1 unspecified atom stereocenters. The molecule has 4 heteroatoms. The Balaban J connectivity index is 2.37. The fourth-order valence-electron chi connectivity index (χ4n) is 4.45. The highest BCUT2D eigenvalue weighted by molar-refractivity contribution is 5.95. The van der Waals surface area contributed by atoms with Gasteiger partial charge in [-0.1, -0.05) is 43.2 Å². The molecule has 0 aromatic heterocycles. The number of carbonyl (C=O) groups excluding carboxylic acids is 2. The molecule has 0 aromatic rings. The van der Waals surface area contributed by atoms with E-state index in [1.54, 1.807) is 0 Å². The van der Waals surface area contributed by atoms with Crippen molar-refractivity contribution in [3.8, 4) is 0 Å². The summed E-state index contributed by atoms with van der Waals surface area (Å²) in [4.78, 5) is 24.3. The molecule has 0 amide bonds. The molecule has 2 aliphatic carbocycles. The van der Waals surface area contributed by atoms with Gasteiger partial charge in [-0.2, -0.15) is 0 Å². The lowest BCUT2D eigenvalue weighted by Gasteiger charge is -2.45. The number of ether oxygens (including phenoxy) is 1. The molecule has 2 rings (SSSR count). The van der Waals surface area contributed by atoms with Crippen LogP contribution in [-0.4, -0.2) is 29.1 Å². The van der Waals surface area contributed by atoms with Crippen LogP contribution in [0, 0.1) is 23.7 Å². The lowest BCUT2D eigenvalue weighted by molar-refractivity contribution is -0.156. The van der Waals surface area contributed by atoms with E-state index in [-0.39, 0.29) is 23.5 Å². The maximum Gasteiger partial charge on any atom is 0.303 e. The summed E-state index contributed by atoms with van der Waals surface area (Å²) in [6, 6.07) is 0. The standard InChI is InChI=1S/C22H32O4/c1-12(2)9-21(25)22(26-16(6)23)15(5)18-11-20(24)14(4)17-8-7-13(3)10-19(17)18/h9-10,14-15,17-18,20,22,24H,3,7-8,11H2,1-2,4-6H3/t14-,15-,17-,18-,20+,22?/m0/s1. The summed E-state index contributed by atoms with van der Waals surface area (Å²) in [5, 5.41) is 10.6. The average molecular weight is 360 g/mol. The molecule has 1 N–H and O–H groups in total. The minimum atomic E-state index is -0.829. The zero-order valence-corrected chi connectivity index (χ0v) is 16.6. The van der Waals surface area contributed by atoms with Crippen molar-refractivity contribution in [3.63, 3.8) is 0 Å². The summed E-state index contributed by atoms with van der Waals surface area (Å²) in [5.74, 6) is -0.356. The molecular weight excluding hydrogens is 328 g/mol. The van der Waals surface area contributed by atoms with E-state index in [1.807, 2.05) is 20.8 Å². The molecule has 2 aliphatic rings. The summed E-state index contributed by atoms with van der Waals surface area (Å²) < 4.78 is 5.43. The van der Waals surface area contributed by atoms with E-state index in [9.17, 15) is 14.7 Å². The van der Waals surface area contributed by atoms with E-state index in [1.165, 1.54) is 18.6 Å². The molecule has 0 saturated heterocycles. The normalized spacial score (nSPS) is 30.5. The first-order chi connectivity index (χ1) is 12.1. The molecule has 0 radical (unpaired) electrons. The zero-order valence-electron chi connectivity index (χ0n) is 16.6. The second-order valence-corrected chi connectivity index (χ2v) is 8.23. The Morgan fingerprint density at radius 1 is 1.35 bits per heavy atom. The van der Waals surface area contributed by atoms with Gasteiger partial charge in [-0.25, -0.2) is 0 Å². The van der Waals surface area contributed by atoms with Crippen molar-refractivity contribution >= 4 is 11.8 Å². The van der Waals surface area contributed by atoms with Gasteiger partial charge in [0, 0.05) is 12.8 Å². The molecular formula is C22H32O4. The van der Waals surface area contributed by atoms with Crippen LogP contribution >= 0.6 is 0 Å². The second-order valence-electron chi connectivity index (χ2n) is 8.23. The predicted molar refractivity (Wildman–Crippen MR) is 102 cm³/mol. The Bertz CT molecular complexity index is 639. The van der Waals surface area contributed by atoms with Gasteiger partial charge >= 0.3 is 5.97 Å². The molecule has 1 fully saturated rings. The van der Waals surface area contributed by atoms with Gasteiger partial charge < -0.3 is 9.84 Å². The molecule has 26 heavy (non-hydrogen) atoms. The fourth-order valence-corrected chi connectivity index (χ4v) is 4.45. The smallest absolute Gasteiger partial charge is 0.303 e. The Hall–Kier alpha value is -1.68. The Morgan fingerprint density at radius 2 is 2.00 bits per heavy atom. The quantitative estimate of drug-likeness (QED) is 0.594. The molecule has 144 valence electrons. The molecule has 0 aromatic carbocycles. The average Bonchev–Trinajstić information content (AvgIpc) is 2.54. The first kappa shape index (κ1) is 20.6. The van der Waals surface area contributed by atoms with Gasteiger partial charge in [0.15, 0.2) is 11.9 Å². The summed E-state index contributed by atoms with van der Waals surface area (Å²) in [5.41, 5.74) is 3.23. The van der Waals surface area contributed by atoms with Crippen LogP contribution in [0.2, 0.25) is 0 Å². The maximum atomic E-state index is 12.7. The number of carbonyl (C=O) groups is 2. The predicted octanol–water partition coefficient (Wildman–Crippen LogP) is 4.00. The number of ketones is 1. The number of aliphatic hydroxyl groups is 1. The Morgan fingerprint density at radius 3 is 2.58 bits per heavy atom. The highest BCUT2D eigenvalue weighted by Crippen LogP contribution is 2.48. The molecule has 0 spiro atoms. The van der Waals surface area contributed by atoms with E-state index in [4.69, 9.17) is 4.74 Å². The van der Waals surface area contributed by atoms with Crippen LogP contribution in [0.4, 0.5) is 0 Å². The van der Waals surface area contributed by atoms with Crippen molar-refractivity contribution in [3.05, 3.63) is 35.5 Å². The van der Waals surface area contributed by atoms with Gasteiger partial charge in [0.25, 0.3) is 0 Å². The third-order valence-electron chi connectivity index (χ3n) is 5.86. The van der Waals surface area contributed by atoms with Crippen molar-refractivity contribution in [1.82, 2.24) is 0 Å². The molecule has 0 heterocycles. The SMILES string of the molecule is C=C1C=C2[C@@H](CC1)[C@H](C)[C@H](O)C[C@H]2[C@H](C)C(OC(C)=O)C(=O)C=C(C)C. The van der Waals surface area contributed by atoms with Crippen molar-refractivity contribution in [2.75, 3.05) is 0 Å². The summed E-state index contributed by atoms with van der Waals surface area (Å²) in [6.45, 7) is 13.2. The number of fused-ring (bicyclic) bond motifs is 1. The minimum absolute atomic E-state index is 0.00196. The monoisotopic (exact) mass is 360 g/mol. The lowest BCUT2D eigenvalue weighted by Crippen LogP contribution is -2.44. The number of aliphatic hydroxyl groups excluding tert-OH is 1. The minimum Gasteiger partial charge on any atom is -0.454 e. The van der Waals surface area contributed by atoms with Crippen LogP contribution in [0.1, 0.15) is 53.9 Å². The fraction of sp³-hybridized carbons (Fsp3) is 0.636. The van der Waals surface area contributed by atoms with Gasteiger partial charge in [-0.15, -0.1) is 0 Å². The van der Waals surface area contributed by atoms with Crippen molar-refractivity contribution in [1.29, 1.82) is 0 Å². The highest BCUT2D eigenvalue weighted by Gasteiger charge is 2.44. The first-order valence-electron chi connectivity index (χ1n) is 9.55. The van der Waals surface area contributed by atoms with Gasteiger partial charge in [0.2, 0.25) is 0 Å². The van der Waals surface area contributed by atoms with Gasteiger partial charge in [-0.3, -0.25) is 9.59 Å². The zero-order chi connectivity index (χ0) is 19.6. The van der Waals surface area contributed by atoms with Gasteiger partial charge in [-0.05, 0) is 56.9 Å². The van der Waals surface area contributed by atoms with Gasteiger partial charge in [0.1, 0.15) is 0 Å². The third kappa shape index (κ3) is 4.53. The Kier molecular flexibility index (Phi) is 6.62. The number of hydrogen-bond acceptors (Lipinski definition) is 4. The summed E-state index contributed by atoms with van der Waals surface area (Å²) in [6.07, 6.45) is 4.95. The maximum absolute atomic E-state index is 12.7. The number of hydrogen-bond donors (Lipinski definition) is 1. The van der Waals surface area contributed by atoms with Crippen LogP contribution in [0.15, 0.2) is 35.5 Å². The largest absolute Gasteiger partial charge is 0.454 e. The van der Waals surface area contributed by atoms with Crippen LogP contribution in [-0.2, 0) is 14.3 Å². The lowest BCUT2D eigenvalue weighted by atomic mass is 9.61. The molecule has 4 nitrogen and oxygen atoms in total. The molecule has 0 aliphatic heterocycles. The topological polar surface area (TPSA) is 63.6 Å². The van der Waals surface area contributed by atoms with Crippen molar-refractivity contribution in [2.24, 2.45) is 23.7 Å². The number of esters is 1.